The summed E-state index contributed by atoms with van der Waals surface area (Å²) in [6, 6.07) is 7.71. The van der Waals surface area contributed by atoms with Crippen LogP contribution in [0.3, 0.4) is 0 Å². The second-order valence-electron chi connectivity index (χ2n) is 9.48. The van der Waals surface area contributed by atoms with E-state index in [1.165, 1.54) is 17.0 Å². The van der Waals surface area contributed by atoms with Gasteiger partial charge in [-0.1, -0.05) is 6.08 Å². The van der Waals surface area contributed by atoms with Crippen molar-refractivity contribution in [2.75, 3.05) is 39.4 Å². The van der Waals surface area contributed by atoms with Crippen molar-refractivity contribution in [1.82, 2.24) is 9.80 Å². The van der Waals surface area contributed by atoms with Gasteiger partial charge in [-0.3, -0.25) is 9.69 Å². The third-order valence-electron chi connectivity index (χ3n) is 5.56. The molecule has 1 aromatic carbocycles. The van der Waals surface area contributed by atoms with Crippen LogP contribution >= 0.6 is 11.3 Å². The summed E-state index contributed by atoms with van der Waals surface area (Å²) in [4.78, 5) is 18.4. The Bertz CT molecular complexity index is 941. The largest absolute Gasteiger partial charge is 0.491 e. The van der Waals surface area contributed by atoms with Gasteiger partial charge in [-0.25, -0.2) is 4.39 Å². The maximum atomic E-state index is 13.4. The number of amides is 1. The first-order chi connectivity index (χ1) is 16.2. The molecule has 186 valence electrons. The number of nitrogens with zero attached hydrogens (tertiary/aromatic N) is 2. The lowest BCUT2D eigenvalue weighted by molar-refractivity contribution is -0.136. The molecule has 1 aliphatic rings. The monoisotopic (exact) mass is 490 g/mol. The van der Waals surface area contributed by atoms with Crippen LogP contribution in [0.15, 0.2) is 48.4 Å². The van der Waals surface area contributed by atoms with Gasteiger partial charge in [-0.05, 0) is 68.5 Å². The standard InChI is InChI=1S/C26H35FN2O4S/c1-5-12-28(15-20(30)17-33-26(2,3)4)16-25(31)29-13-10-24-22(11-14-34-24)23(29)18-32-21-8-6-19(27)7-9-21/h5-9,11,14,20,23,30H,1,10,12-13,15-18H2,2-4H3/t20-,23-/m1/s1. The van der Waals surface area contributed by atoms with Crippen molar-refractivity contribution >= 4 is 17.2 Å². The highest BCUT2D eigenvalue weighted by atomic mass is 32.1. The number of aliphatic hydroxyl groups excluding tert-OH is 1. The van der Waals surface area contributed by atoms with E-state index in [0.29, 0.717) is 25.4 Å². The lowest BCUT2D eigenvalue weighted by Crippen LogP contribution is -2.48. The highest BCUT2D eigenvalue weighted by molar-refractivity contribution is 7.10. The lowest BCUT2D eigenvalue weighted by atomic mass is 10.0. The molecular formula is C26H35FN2O4S. The SMILES string of the molecule is C=CCN(CC(=O)N1CCc2sccc2[C@H]1COc1ccc(F)cc1)C[C@@H](O)COC(C)(C)C. The molecule has 0 aliphatic carbocycles. The third-order valence-corrected chi connectivity index (χ3v) is 6.56. The fraction of sp³-hybridized carbons (Fsp3) is 0.500. The average Bonchev–Trinajstić information content (AvgIpc) is 3.26. The van der Waals surface area contributed by atoms with Crippen LogP contribution in [0.1, 0.15) is 37.3 Å². The molecule has 1 aliphatic heterocycles. The molecule has 1 N–H and O–H groups in total. The van der Waals surface area contributed by atoms with Crippen molar-refractivity contribution < 1.29 is 23.8 Å². The molecule has 3 rings (SSSR count). The molecule has 2 atom stereocenters. The minimum atomic E-state index is -0.714. The number of aliphatic hydroxyl groups is 1. The van der Waals surface area contributed by atoms with Crippen molar-refractivity contribution in [2.24, 2.45) is 0 Å². The van der Waals surface area contributed by atoms with Crippen molar-refractivity contribution in [3.8, 4) is 5.75 Å². The smallest absolute Gasteiger partial charge is 0.237 e. The quantitative estimate of drug-likeness (QED) is 0.482. The van der Waals surface area contributed by atoms with Crippen LogP contribution in [0.5, 0.6) is 5.75 Å². The summed E-state index contributed by atoms with van der Waals surface area (Å²) in [6.07, 6.45) is 1.82. The van der Waals surface area contributed by atoms with Crippen LogP contribution in [0.2, 0.25) is 0 Å². The number of carbonyl (C=O) groups excluding carboxylic acids is 1. The number of carbonyl (C=O) groups is 1. The molecule has 2 heterocycles. The van der Waals surface area contributed by atoms with E-state index in [-0.39, 0.29) is 43.1 Å². The molecule has 0 saturated carbocycles. The molecule has 34 heavy (non-hydrogen) atoms. The van der Waals surface area contributed by atoms with Gasteiger partial charge in [0.1, 0.15) is 18.2 Å². The van der Waals surface area contributed by atoms with Gasteiger partial charge in [0.2, 0.25) is 5.91 Å². The van der Waals surface area contributed by atoms with Crippen molar-refractivity contribution in [3.05, 3.63) is 64.6 Å². The highest BCUT2D eigenvalue weighted by Gasteiger charge is 2.33. The van der Waals surface area contributed by atoms with Crippen molar-refractivity contribution in [3.63, 3.8) is 0 Å². The van der Waals surface area contributed by atoms with Gasteiger partial charge in [0.25, 0.3) is 0 Å². The minimum absolute atomic E-state index is 0.0321. The van der Waals surface area contributed by atoms with Crippen LogP contribution in [0.4, 0.5) is 4.39 Å². The van der Waals surface area contributed by atoms with Crippen LogP contribution in [-0.4, -0.2) is 71.9 Å². The predicted octanol–water partition coefficient (Wildman–Crippen LogP) is 4.06. The van der Waals surface area contributed by atoms with E-state index in [2.05, 4.69) is 6.58 Å². The van der Waals surface area contributed by atoms with Crippen molar-refractivity contribution in [1.29, 1.82) is 0 Å². The van der Waals surface area contributed by atoms with Crippen LogP contribution in [0, 0.1) is 5.82 Å². The number of thiophene rings is 1. The zero-order chi connectivity index (χ0) is 24.7. The number of fused-ring (bicyclic) bond motifs is 1. The van der Waals surface area contributed by atoms with Gasteiger partial charge in [0.05, 0.1) is 30.9 Å². The molecule has 0 saturated heterocycles. The highest BCUT2D eigenvalue weighted by Crippen LogP contribution is 2.34. The van der Waals surface area contributed by atoms with Crippen LogP contribution in [-0.2, 0) is 16.0 Å². The molecule has 2 aromatic rings. The maximum Gasteiger partial charge on any atom is 0.237 e. The molecule has 1 amide bonds. The Hall–Kier alpha value is -2.26. The van der Waals surface area contributed by atoms with E-state index in [4.69, 9.17) is 9.47 Å². The lowest BCUT2D eigenvalue weighted by Gasteiger charge is -2.37. The summed E-state index contributed by atoms with van der Waals surface area (Å²) >= 11 is 1.69. The van der Waals surface area contributed by atoms with Gasteiger partial charge in [0, 0.05) is 24.5 Å². The fourth-order valence-electron chi connectivity index (χ4n) is 3.95. The van der Waals surface area contributed by atoms with Gasteiger partial charge in [-0.15, -0.1) is 17.9 Å². The van der Waals surface area contributed by atoms with E-state index in [9.17, 15) is 14.3 Å². The molecule has 0 fully saturated rings. The first-order valence-corrected chi connectivity index (χ1v) is 12.4. The third kappa shape index (κ3) is 7.63. The minimum Gasteiger partial charge on any atom is -0.491 e. The van der Waals surface area contributed by atoms with Gasteiger partial charge < -0.3 is 19.5 Å². The molecule has 6 nitrogen and oxygen atoms in total. The van der Waals surface area contributed by atoms with E-state index in [1.54, 1.807) is 29.5 Å². The summed E-state index contributed by atoms with van der Waals surface area (Å²) in [6.45, 7) is 11.6. The summed E-state index contributed by atoms with van der Waals surface area (Å²) in [5, 5.41) is 12.5. The number of hydrogen-bond donors (Lipinski definition) is 1. The number of rotatable bonds is 11. The molecule has 0 spiro atoms. The first-order valence-electron chi connectivity index (χ1n) is 11.6. The molecule has 0 radical (unpaired) electrons. The Morgan fingerprint density at radius 2 is 2.09 bits per heavy atom. The Morgan fingerprint density at radius 3 is 2.76 bits per heavy atom. The average molecular weight is 491 g/mol. The molecular weight excluding hydrogens is 455 g/mol. The molecule has 0 bridgehead atoms. The van der Waals surface area contributed by atoms with Gasteiger partial charge in [-0.2, -0.15) is 0 Å². The fourth-order valence-corrected chi connectivity index (χ4v) is 4.87. The zero-order valence-corrected chi connectivity index (χ0v) is 21.0. The van der Waals surface area contributed by atoms with E-state index < -0.39 is 6.10 Å². The van der Waals surface area contributed by atoms with E-state index in [0.717, 1.165) is 12.0 Å². The zero-order valence-electron chi connectivity index (χ0n) is 20.2. The van der Waals surface area contributed by atoms with Crippen molar-refractivity contribution in [2.45, 2.75) is 44.9 Å². The van der Waals surface area contributed by atoms with E-state index in [1.807, 2.05) is 42.0 Å². The summed E-state index contributed by atoms with van der Waals surface area (Å²) in [7, 11) is 0. The Labute approximate surface area is 205 Å². The van der Waals surface area contributed by atoms with Crippen LogP contribution < -0.4 is 4.74 Å². The summed E-state index contributed by atoms with van der Waals surface area (Å²) in [5.41, 5.74) is 0.754. The Kier molecular flexibility index (Phi) is 9.24. The number of hydrogen-bond acceptors (Lipinski definition) is 6. The number of benzene rings is 1. The topological polar surface area (TPSA) is 62.2 Å². The summed E-state index contributed by atoms with van der Waals surface area (Å²) in [5.74, 6) is 0.209. The number of halogens is 1. The Morgan fingerprint density at radius 1 is 1.35 bits per heavy atom. The van der Waals surface area contributed by atoms with Gasteiger partial charge in [0.15, 0.2) is 0 Å². The Balaban J connectivity index is 1.67. The van der Waals surface area contributed by atoms with Crippen LogP contribution in [0.25, 0.3) is 0 Å². The second kappa shape index (κ2) is 11.9. The number of ether oxygens (including phenoxy) is 2. The van der Waals surface area contributed by atoms with E-state index >= 15 is 0 Å². The predicted molar refractivity (Wildman–Crippen MR) is 133 cm³/mol. The van der Waals surface area contributed by atoms with Gasteiger partial charge >= 0.3 is 0 Å². The first kappa shape index (κ1) is 26.3. The summed E-state index contributed by atoms with van der Waals surface area (Å²) < 4.78 is 24.9. The maximum absolute atomic E-state index is 13.4. The normalized spacial score (nSPS) is 16.9. The molecule has 1 aromatic heterocycles. The molecule has 8 heteroatoms. The molecule has 0 unspecified atom stereocenters. The second-order valence-corrected chi connectivity index (χ2v) is 10.5.